The largest absolute Gasteiger partial charge is 0.422 e. The highest BCUT2D eigenvalue weighted by molar-refractivity contribution is 5.66. The van der Waals surface area contributed by atoms with E-state index in [0.29, 0.717) is 17.1 Å². The maximum atomic E-state index is 12.5. The number of aromatic nitrogens is 3. The molecule has 2 aromatic rings. The van der Waals surface area contributed by atoms with Crippen LogP contribution in [0.15, 0.2) is 9.21 Å². The van der Waals surface area contributed by atoms with Crippen molar-refractivity contribution in [3.63, 3.8) is 0 Å². The molecule has 106 valence electrons. The molecule has 0 amide bonds. The van der Waals surface area contributed by atoms with Crippen molar-refractivity contribution in [3.8, 4) is 0 Å². The summed E-state index contributed by atoms with van der Waals surface area (Å²) in [5, 5.41) is 0. The molecule has 1 aliphatic carbocycles. The average Bonchev–Trinajstić information content (AvgIpc) is 2.93. The fraction of sp³-hybridized carbons (Fsp3) is 0.667. The summed E-state index contributed by atoms with van der Waals surface area (Å²) >= 11 is 0. The second kappa shape index (κ2) is 4.72. The lowest BCUT2D eigenvalue weighted by molar-refractivity contribution is 0.371. The lowest BCUT2D eigenvalue weighted by Crippen LogP contribution is -2.28. The van der Waals surface area contributed by atoms with E-state index in [2.05, 4.69) is 9.97 Å². The summed E-state index contributed by atoms with van der Waals surface area (Å²) in [4.78, 5) is 21.5. The zero-order valence-electron chi connectivity index (χ0n) is 11.6. The normalized spacial score (nSPS) is 20.2. The van der Waals surface area contributed by atoms with E-state index >= 15 is 0 Å². The number of fused-ring (bicyclic) bond motifs is 2. The first-order valence-electron chi connectivity index (χ1n) is 7.73. The molecule has 0 spiro atoms. The van der Waals surface area contributed by atoms with Gasteiger partial charge in [0.15, 0.2) is 5.52 Å². The van der Waals surface area contributed by atoms with Gasteiger partial charge in [-0.05, 0) is 25.7 Å². The summed E-state index contributed by atoms with van der Waals surface area (Å²) in [5.74, 6) is 1.96. The third-order valence-corrected chi connectivity index (χ3v) is 4.60. The molecule has 1 aliphatic heterocycles. The van der Waals surface area contributed by atoms with Crippen LogP contribution in [0.3, 0.4) is 0 Å². The summed E-state index contributed by atoms with van der Waals surface area (Å²) in [6.07, 6.45) is 9.01. The van der Waals surface area contributed by atoms with Crippen LogP contribution in [0.2, 0.25) is 0 Å². The smallest absolute Gasteiger partial charge is 0.283 e. The average molecular weight is 273 g/mol. The minimum atomic E-state index is -0.0180. The molecule has 0 bridgehead atoms. The first kappa shape index (κ1) is 12.1. The SMILES string of the molecule is O=c1c2nc(C3CCCCC3)oc2nc2n1CCCC2. The number of rotatable bonds is 1. The first-order chi connectivity index (χ1) is 9.83. The van der Waals surface area contributed by atoms with Gasteiger partial charge in [-0.15, -0.1) is 0 Å². The van der Waals surface area contributed by atoms with Crippen molar-refractivity contribution >= 4 is 11.2 Å². The Labute approximate surface area is 117 Å². The summed E-state index contributed by atoms with van der Waals surface area (Å²) in [5.41, 5.74) is 0.857. The molecule has 5 nitrogen and oxygen atoms in total. The van der Waals surface area contributed by atoms with Gasteiger partial charge in [-0.1, -0.05) is 19.3 Å². The standard InChI is InChI=1S/C15H19N3O2/c19-15-12-14(16-11-8-4-5-9-18(11)15)20-13(17-12)10-6-2-1-3-7-10/h10H,1-9H2. The predicted octanol–water partition coefficient (Wildman–Crippen LogP) is 2.77. The van der Waals surface area contributed by atoms with Crippen molar-refractivity contribution < 1.29 is 4.42 Å². The molecular formula is C15H19N3O2. The number of hydrogen-bond donors (Lipinski definition) is 0. The van der Waals surface area contributed by atoms with E-state index in [4.69, 9.17) is 4.42 Å². The van der Waals surface area contributed by atoms with Crippen LogP contribution >= 0.6 is 0 Å². The Kier molecular flexibility index (Phi) is 2.86. The third-order valence-electron chi connectivity index (χ3n) is 4.60. The monoisotopic (exact) mass is 273 g/mol. The van der Waals surface area contributed by atoms with Crippen molar-refractivity contribution in [3.05, 3.63) is 22.1 Å². The second-order valence-corrected chi connectivity index (χ2v) is 5.98. The highest BCUT2D eigenvalue weighted by Gasteiger charge is 2.24. The topological polar surface area (TPSA) is 60.9 Å². The molecule has 20 heavy (non-hydrogen) atoms. The van der Waals surface area contributed by atoms with Gasteiger partial charge in [0.05, 0.1) is 0 Å². The maximum absolute atomic E-state index is 12.5. The highest BCUT2D eigenvalue weighted by Crippen LogP contribution is 2.33. The molecule has 0 saturated heterocycles. The number of hydrogen-bond acceptors (Lipinski definition) is 4. The summed E-state index contributed by atoms with van der Waals surface area (Å²) < 4.78 is 7.60. The Morgan fingerprint density at radius 3 is 2.75 bits per heavy atom. The van der Waals surface area contributed by atoms with E-state index in [1.807, 2.05) is 0 Å². The van der Waals surface area contributed by atoms with Crippen LogP contribution in [-0.2, 0) is 13.0 Å². The fourth-order valence-electron chi connectivity index (χ4n) is 3.46. The van der Waals surface area contributed by atoms with E-state index < -0.39 is 0 Å². The van der Waals surface area contributed by atoms with Crippen LogP contribution in [0.5, 0.6) is 0 Å². The van der Waals surface area contributed by atoms with E-state index in [9.17, 15) is 4.79 Å². The molecule has 1 fully saturated rings. The van der Waals surface area contributed by atoms with Gasteiger partial charge < -0.3 is 4.42 Å². The number of nitrogens with zero attached hydrogens (tertiary/aromatic N) is 3. The van der Waals surface area contributed by atoms with Gasteiger partial charge in [-0.25, -0.2) is 4.98 Å². The van der Waals surface area contributed by atoms with Crippen molar-refractivity contribution in [2.45, 2.75) is 63.8 Å². The Hall–Kier alpha value is -1.65. The van der Waals surface area contributed by atoms with Crippen molar-refractivity contribution in [2.75, 3.05) is 0 Å². The van der Waals surface area contributed by atoms with Gasteiger partial charge in [-0.3, -0.25) is 9.36 Å². The van der Waals surface area contributed by atoms with Crippen LogP contribution in [0, 0.1) is 0 Å². The van der Waals surface area contributed by atoms with E-state index in [1.165, 1.54) is 19.3 Å². The van der Waals surface area contributed by atoms with Crippen molar-refractivity contribution in [1.82, 2.24) is 14.5 Å². The fourth-order valence-corrected chi connectivity index (χ4v) is 3.46. The molecule has 2 aromatic heterocycles. The molecule has 2 aliphatic rings. The summed E-state index contributed by atoms with van der Waals surface area (Å²) in [6.45, 7) is 0.767. The molecular weight excluding hydrogens is 254 g/mol. The van der Waals surface area contributed by atoms with Crippen molar-refractivity contribution in [2.24, 2.45) is 0 Å². The van der Waals surface area contributed by atoms with Gasteiger partial charge in [0, 0.05) is 18.9 Å². The van der Waals surface area contributed by atoms with E-state index in [0.717, 1.165) is 50.4 Å². The number of oxazole rings is 1. The lowest BCUT2D eigenvalue weighted by Gasteiger charge is -2.17. The minimum Gasteiger partial charge on any atom is -0.422 e. The molecule has 3 heterocycles. The number of aryl methyl sites for hydroxylation is 1. The van der Waals surface area contributed by atoms with Crippen LogP contribution in [-0.4, -0.2) is 14.5 Å². The van der Waals surface area contributed by atoms with Gasteiger partial charge in [-0.2, -0.15) is 4.98 Å². The van der Waals surface area contributed by atoms with Gasteiger partial charge in [0.1, 0.15) is 5.82 Å². The minimum absolute atomic E-state index is 0.0180. The predicted molar refractivity (Wildman–Crippen MR) is 74.8 cm³/mol. The van der Waals surface area contributed by atoms with E-state index in [1.54, 1.807) is 4.57 Å². The van der Waals surface area contributed by atoms with Crippen LogP contribution in [0.4, 0.5) is 0 Å². The third kappa shape index (κ3) is 1.87. The Morgan fingerprint density at radius 1 is 1.05 bits per heavy atom. The zero-order valence-corrected chi connectivity index (χ0v) is 11.6. The molecule has 0 radical (unpaired) electrons. The van der Waals surface area contributed by atoms with Gasteiger partial charge >= 0.3 is 0 Å². The molecule has 5 heteroatoms. The molecule has 1 saturated carbocycles. The zero-order chi connectivity index (χ0) is 13.5. The molecule has 0 unspecified atom stereocenters. The summed E-state index contributed by atoms with van der Waals surface area (Å²) in [7, 11) is 0. The Bertz CT molecular complexity index is 695. The molecule has 4 rings (SSSR count). The first-order valence-corrected chi connectivity index (χ1v) is 7.73. The van der Waals surface area contributed by atoms with Crippen LogP contribution in [0.25, 0.3) is 11.2 Å². The summed E-state index contributed by atoms with van der Waals surface area (Å²) in [6, 6.07) is 0. The Morgan fingerprint density at radius 2 is 1.90 bits per heavy atom. The lowest BCUT2D eigenvalue weighted by atomic mass is 9.89. The van der Waals surface area contributed by atoms with E-state index in [-0.39, 0.29) is 5.56 Å². The molecule has 0 atom stereocenters. The molecule has 0 N–H and O–H groups in total. The highest BCUT2D eigenvalue weighted by atomic mass is 16.4. The molecule has 0 aromatic carbocycles. The van der Waals surface area contributed by atoms with Gasteiger partial charge in [0.2, 0.25) is 5.89 Å². The van der Waals surface area contributed by atoms with Crippen LogP contribution in [0.1, 0.15) is 62.6 Å². The Balaban J connectivity index is 1.82. The van der Waals surface area contributed by atoms with Crippen molar-refractivity contribution in [1.29, 1.82) is 0 Å². The quantitative estimate of drug-likeness (QED) is 0.801. The van der Waals surface area contributed by atoms with Gasteiger partial charge in [0.25, 0.3) is 11.3 Å². The second-order valence-electron chi connectivity index (χ2n) is 5.98. The maximum Gasteiger partial charge on any atom is 0.283 e. The van der Waals surface area contributed by atoms with Crippen LogP contribution < -0.4 is 5.56 Å².